The van der Waals surface area contributed by atoms with E-state index in [1.165, 1.54) is 33.3 Å². The number of carbonyl (C=O) groups is 1. The predicted octanol–water partition coefficient (Wildman–Crippen LogP) is 3.38. The first-order valence-electron chi connectivity index (χ1n) is 10.4. The summed E-state index contributed by atoms with van der Waals surface area (Å²) in [5.41, 5.74) is 4.93. The number of nitrogen functional groups attached to an aromatic ring is 1. The molecule has 33 heavy (non-hydrogen) atoms. The van der Waals surface area contributed by atoms with Gasteiger partial charge in [0.15, 0.2) is 16.5 Å². The summed E-state index contributed by atoms with van der Waals surface area (Å²) in [6.07, 6.45) is 4.50. The summed E-state index contributed by atoms with van der Waals surface area (Å²) in [5, 5.41) is 0.536. The number of aryl methyl sites for hydroxylation is 1. The predicted molar refractivity (Wildman–Crippen MR) is 124 cm³/mol. The second-order valence-corrected chi connectivity index (χ2v) is 8.57. The van der Waals surface area contributed by atoms with Crippen LogP contribution in [0.4, 0.5) is 11.5 Å². The van der Waals surface area contributed by atoms with Crippen LogP contribution >= 0.6 is 11.3 Å². The van der Waals surface area contributed by atoms with Crippen molar-refractivity contribution < 1.29 is 13.6 Å². The van der Waals surface area contributed by atoms with Gasteiger partial charge in [0, 0.05) is 11.4 Å². The molecule has 0 atom stereocenters. The number of hydrogen-bond donors (Lipinski definition) is 2. The summed E-state index contributed by atoms with van der Waals surface area (Å²) in [7, 11) is 0. The Morgan fingerprint density at radius 3 is 2.67 bits per heavy atom. The van der Waals surface area contributed by atoms with Gasteiger partial charge in [-0.1, -0.05) is 13.3 Å². The number of aromatic nitrogens is 3. The fourth-order valence-electron chi connectivity index (χ4n) is 3.42. The molecule has 4 rings (SSSR count). The largest absolute Gasteiger partial charge is 0.467 e. The maximum absolute atomic E-state index is 13.7. The van der Waals surface area contributed by atoms with Crippen LogP contribution in [0.25, 0.3) is 10.8 Å². The third-order valence-electron chi connectivity index (χ3n) is 5.09. The molecule has 0 spiro atoms. The van der Waals surface area contributed by atoms with Crippen LogP contribution in [-0.4, -0.2) is 20.4 Å². The van der Waals surface area contributed by atoms with Crippen molar-refractivity contribution in [2.75, 3.05) is 10.6 Å². The average Bonchev–Trinajstić information content (AvgIpc) is 3.54. The molecular formula is C22H23N5O5S. The minimum Gasteiger partial charge on any atom is -0.467 e. The highest BCUT2D eigenvalue weighted by Gasteiger charge is 2.29. The quantitative estimate of drug-likeness (QED) is 0.403. The van der Waals surface area contributed by atoms with E-state index in [9.17, 15) is 14.4 Å². The van der Waals surface area contributed by atoms with Crippen LogP contribution in [0, 0.1) is 6.92 Å². The van der Waals surface area contributed by atoms with E-state index in [2.05, 4.69) is 9.97 Å². The lowest BCUT2D eigenvalue weighted by atomic mass is 10.2. The molecule has 0 fully saturated rings. The van der Waals surface area contributed by atoms with E-state index in [1.807, 2.05) is 6.92 Å². The SMILES string of the molecule is CCCCn1c(N)c(N(Cc2ccco2)C(=O)c2nc(-c3ccco3)sc2C)c(=O)[nH]c1=O. The maximum atomic E-state index is 13.7. The Bertz CT molecular complexity index is 1370. The van der Waals surface area contributed by atoms with Gasteiger partial charge in [-0.2, -0.15) is 0 Å². The number of aromatic amines is 1. The number of unbranched alkanes of at least 4 members (excludes halogenated alkanes) is 1. The van der Waals surface area contributed by atoms with Gasteiger partial charge >= 0.3 is 5.69 Å². The Kier molecular flexibility index (Phi) is 6.31. The van der Waals surface area contributed by atoms with E-state index in [4.69, 9.17) is 14.6 Å². The molecule has 4 aromatic heterocycles. The smallest absolute Gasteiger partial charge is 0.330 e. The Hall–Kier alpha value is -3.86. The number of carbonyl (C=O) groups excluding carboxylic acids is 1. The molecule has 0 aromatic carbocycles. The third kappa shape index (κ3) is 4.40. The van der Waals surface area contributed by atoms with Crippen molar-refractivity contribution in [2.24, 2.45) is 0 Å². The lowest BCUT2D eigenvalue weighted by Gasteiger charge is -2.23. The molecule has 172 valence electrons. The molecule has 11 heteroatoms. The van der Waals surface area contributed by atoms with Gasteiger partial charge in [0.25, 0.3) is 11.5 Å². The summed E-state index contributed by atoms with van der Waals surface area (Å²) in [4.78, 5) is 47.5. The standard InChI is InChI=1S/C22H23N5O5S/c1-3-4-9-26-18(23)17(19(28)25-22(26)30)27(12-14-7-5-10-31-14)21(29)16-13(2)33-20(24-16)15-8-6-11-32-15/h5-8,10-11H,3-4,9,12,23H2,1-2H3,(H,25,28,30). The monoisotopic (exact) mass is 469 g/mol. The van der Waals surface area contributed by atoms with Gasteiger partial charge in [-0.25, -0.2) is 9.78 Å². The van der Waals surface area contributed by atoms with Crippen molar-refractivity contribution in [2.45, 2.75) is 39.8 Å². The third-order valence-corrected chi connectivity index (χ3v) is 6.07. The first-order valence-corrected chi connectivity index (χ1v) is 11.2. The van der Waals surface area contributed by atoms with E-state index >= 15 is 0 Å². The van der Waals surface area contributed by atoms with Gasteiger partial charge in [0.1, 0.15) is 17.3 Å². The summed E-state index contributed by atoms with van der Waals surface area (Å²) < 4.78 is 12.1. The van der Waals surface area contributed by atoms with E-state index < -0.39 is 17.2 Å². The van der Waals surface area contributed by atoms with Crippen molar-refractivity contribution in [3.8, 4) is 10.8 Å². The van der Waals surface area contributed by atoms with Gasteiger partial charge in [0.05, 0.1) is 19.1 Å². The molecule has 0 aliphatic rings. The molecule has 3 N–H and O–H groups in total. The molecule has 10 nitrogen and oxygen atoms in total. The van der Waals surface area contributed by atoms with E-state index in [1.54, 1.807) is 31.2 Å². The number of furan rings is 2. The van der Waals surface area contributed by atoms with Crippen molar-refractivity contribution in [1.82, 2.24) is 14.5 Å². The number of H-pyrrole nitrogens is 1. The van der Waals surface area contributed by atoms with E-state index in [-0.39, 0.29) is 23.7 Å². The zero-order valence-electron chi connectivity index (χ0n) is 18.2. The van der Waals surface area contributed by atoms with Crippen molar-refractivity contribution in [3.63, 3.8) is 0 Å². The molecule has 0 radical (unpaired) electrons. The molecule has 1 amide bonds. The lowest BCUT2D eigenvalue weighted by Crippen LogP contribution is -2.41. The number of amides is 1. The normalized spacial score (nSPS) is 11.1. The van der Waals surface area contributed by atoms with Crippen LogP contribution < -0.4 is 21.9 Å². The number of nitrogens with one attached hydrogen (secondary N) is 1. The molecule has 4 aromatic rings. The van der Waals surface area contributed by atoms with E-state index in [0.29, 0.717) is 34.4 Å². The van der Waals surface area contributed by atoms with Crippen LogP contribution in [0.1, 0.15) is 40.9 Å². The summed E-state index contributed by atoms with van der Waals surface area (Å²) in [5.74, 6) is 0.338. The fourth-order valence-corrected chi connectivity index (χ4v) is 4.29. The highest BCUT2D eigenvalue weighted by atomic mass is 32.1. The molecule has 0 bridgehead atoms. The number of hydrogen-bond acceptors (Lipinski definition) is 8. The molecule has 0 aliphatic carbocycles. The van der Waals surface area contributed by atoms with Crippen molar-refractivity contribution in [1.29, 1.82) is 0 Å². The van der Waals surface area contributed by atoms with Crippen LogP contribution in [-0.2, 0) is 13.1 Å². The van der Waals surface area contributed by atoms with E-state index in [0.717, 1.165) is 6.42 Å². The first-order chi connectivity index (χ1) is 15.9. The van der Waals surface area contributed by atoms with Gasteiger partial charge < -0.3 is 14.6 Å². The second kappa shape index (κ2) is 9.33. The molecule has 0 saturated carbocycles. The minimum atomic E-state index is -0.760. The van der Waals surface area contributed by atoms with Crippen molar-refractivity contribution >= 4 is 28.7 Å². The molecule has 0 saturated heterocycles. The number of rotatable bonds is 8. The Morgan fingerprint density at radius 2 is 2.00 bits per heavy atom. The molecule has 0 aliphatic heterocycles. The maximum Gasteiger partial charge on any atom is 0.330 e. The van der Waals surface area contributed by atoms with Crippen LogP contribution in [0.5, 0.6) is 0 Å². The Morgan fingerprint density at radius 1 is 1.24 bits per heavy atom. The lowest BCUT2D eigenvalue weighted by molar-refractivity contribution is 0.0978. The van der Waals surface area contributed by atoms with Gasteiger partial charge in [-0.3, -0.25) is 24.0 Å². The first kappa shape index (κ1) is 22.3. The van der Waals surface area contributed by atoms with Gasteiger partial charge in [-0.15, -0.1) is 11.3 Å². The van der Waals surface area contributed by atoms with Crippen LogP contribution in [0.3, 0.4) is 0 Å². The fraction of sp³-hybridized carbons (Fsp3) is 0.273. The Balaban J connectivity index is 1.83. The van der Waals surface area contributed by atoms with Gasteiger partial charge in [0.2, 0.25) is 0 Å². The number of thiazole rings is 1. The van der Waals surface area contributed by atoms with Crippen LogP contribution in [0.15, 0.2) is 55.2 Å². The number of nitrogens with zero attached hydrogens (tertiary/aromatic N) is 3. The van der Waals surface area contributed by atoms with Crippen LogP contribution in [0.2, 0.25) is 0 Å². The van der Waals surface area contributed by atoms with Gasteiger partial charge in [-0.05, 0) is 37.6 Å². The zero-order valence-corrected chi connectivity index (χ0v) is 19.0. The number of nitrogens with two attached hydrogens (primary N) is 1. The molecule has 4 heterocycles. The number of anilines is 2. The molecular weight excluding hydrogens is 446 g/mol. The average molecular weight is 470 g/mol. The highest BCUT2D eigenvalue weighted by molar-refractivity contribution is 7.15. The summed E-state index contributed by atoms with van der Waals surface area (Å²) >= 11 is 1.30. The zero-order chi connectivity index (χ0) is 23.5. The topological polar surface area (TPSA) is 140 Å². The van der Waals surface area contributed by atoms with Crippen molar-refractivity contribution in [3.05, 3.63) is 74.0 Å². The Labute approximate surface area is 192 Å². The minimum absolute atomic E-state index is 0.0713. The second-order valence-electron chi connectivity index (χ2n) is 7.37. The summed E-state index contributed by atoms with van der Waals surface area (Å²) in [6, 6.07) is 6.84. The molecule has 0 unspecified atom stereocenters. The highest BCUT2D eigenvalue weighted by Crippen LogP contribution is 2.30. The summed E-state index contributed by atoms with van der Waals surface area (Å²) in [6.45, 7) is 3.98.